The Labute approximate surface area is 95.1 Å². The van der Waals surface area contributed by atoms with Crippen LogP contribution in [0.3, 0.4) is 0 Å². The van der Waals surface area contributed by atoms with Crippen LogP contribution in [0.5, 0.6) is 0 Å². The highest BCUT2D eigenvalue weighted by Gasteiger charge is 2.22. The third-order valence-corrected chi connectivity index (χ3v) is 3.95. The fourth-order valence-corrected chi connectivity index (χ4v) is 2.15. The number of hydrogen-bond acceptors (Lipinski definition) is 4. The molecular weight excluding hydrogens is 226 g/mol. The minimum Gasteiger partial charge on any atom is -0.397 e. The van der Waals surface area contributed by atoms with Gasteiger partial charge in [-0.05, 0) is 38.1 Å². The molecule has 4 N–H and O–H groups in total. The molecule has 0 bridgehead atoms. The Kier molecular flexibility index (Phi) is 2.77. The van der Waals surface area contributed by atoms with Crippen LogP contribution in [0.1, 0.15) is 12.8 Å². The molecule has 1 aromatic carbocycles. The quantitative estimate of drug-likeness (QED) is 0.679. The van der Waals surface area contributed by atoms with Crippen molar-refractivity contribution in [1.82, 2.24) is 4.72 Å². The van der Waals surface area contributed by atoms with Crippen LogP contribution in [0.25, 0.3) is 0 Å². The van der Waals surface area contributed by atoms with Crippen LogP contribution < -0.4 is 15.8 Å². The van der Waals surface area contributed by atoms with Crippen molar-refractivity contribution in [2.45, 2.75) is 23.8 Å². The second-order valence-corrected chi connectivity index (χ2v) is 5.76. The highest BCUT2D eigenvalue weighted by Crippen LogP contribution is 2.29. The van der Waals surface area contributed by atoms with E-state index in [2.05, 4.69) is 10.0 Å². The summed E-state index contributed by atoms with van der Waals surface area (Å²) in [5.74, 6) is 0. The summed E-state index contributed by atoms with van der Waals surface area (Å²) in [6.07, 6.45) is 2.23. The predicted octanol–water partition coefficient (Wildman–Crippen LogP) is 0.751. The van der Waals surface area contributed by atoms with Gasteiger partial charge in [0.25, 0.3) is 0 Å². The molecule has 0 radical (unpaired) electrons. The van der Waals surface area contributed by atoms with Gasteiger partial charge in [-0.25, -0.2) is 13.1 Å². The summed E-state index contributed by atoms with van der Waals surface area (Å²) in [6, 6.07) is 5.11. The summed E-state index contributed by atoms with van der Waals surface area (Å²) >= 11 is 0. The average Bonchev–Trinajstić information content (AvgIpc) is 3.05. The molecular formula is C10H15N3O2S. The smallest absolute Gasteiger partial charge is 0.240 e. The average molecular weight is 241 g/mol. The molecule has 0 spiro atoms. The first kappa shape index (κ1) is 11.2. The fourth-order valence-electron chi connectivity index (χ4n) is 1.39. The van der Waals surface area contributed by atoms with E-state index in [0.717, 1.165) is 12.8 Å². The van der Waals surface area contributed by atoms with E-state index >= 15 is 0 Å². The van der Waals surface area contributed by atoms with Crippen LogP contribution in [-0.4, -0.2) is 21.5 Å². The molecule has 16 heavy (non-hydrogen) atoms. The number of anilines is 2. The van der Waals surface area contributed by atoms with E-state index in [9.17, 15) is 8.42 Å². The highest BCUT2D eigenvalue weighted by molar-refractivity contribution is 7.89. The maximum Gasteiger partial charge on any atom is 0.240 e. The molecule has 0 heterocycles. The van der Waals surface area contributed by atoms with Crippen LogP contribution in [0.15, 0.2) is 23.1 Å². The Balaban J connectivity index is 2.34. The van der Waals surface area contributed by atoms with E-state index < -0.39 is 10.0 Å². The molecule has 2 rings (SSSR count). The molecule has 0 aliphatic heterocycles. The molecule has 1 aliphatic rings. The molecule has 1 fully saturated rings. The van der Waals surface area contributed by atoms with Gasteiger partial charge in [0.05, 0.1) is 16.3 Å². The lowest BCUT2D eigenvalue weighted by Gasteiger charge is -2.10. The molecule has 1 aliphatic carbocycles. The molecule has 0 aromatic heterocycles. The lowest BCUT2D eigenvalue weighted by atomic mass is 10.2. The molecule has 5 nitrogen and oxygen atoms in total. The van der Waals surface area contributed by atoms with Gasteiger partial charge in [-0.15, -0.1) is 0 Å². The van der Waals surface area contributed by atoms with Crippen LogP contribution >= 0.6 is 0 Å². The Hall–Kier alpha value is -1.27. The molecule has 0 saturated heterocycles. The van der Waals surface area contributed by atoms with Crippen molar-refractivity contribution in [3.05, 3.63) is 18.2 Å². The number of nitrogens with two attached hydrogens (primary N) is 1. The molecule has 0 unspecified atom stereocenters. The van der Waals surface area contributed by atoms with Gasteiger partial charge in [0.1, 0.15) is 0 Å². The summed E-state index contributed by atoms with van der Waals surface area (Å²) in [7, 11) is -2.01. The number of hydrogen-bond donors (Lipinski definition) is 3. The number of rotatable bonds is 4. The summed E-state index contributed by atoms with van der Waals surface area (Å²) in [5.41, 5.74) is 7.04. The lowest BCUT2D eigenvalue weighted by molar-refractivity contribution is 0.588. The Morgan fingerprint density at radius 3 is 2.62 bits per heavy atom. The van der Waals surface area contributed by atoms with Crippen molar-refractivity contribution >= 4 is 21.4 Å². The number of nitrogens with one attached hydrogen (secondary N) is 2. The van der Waals surface area contributed by atoms with Crippen molar-refractivity contribution < 1.29 is 8.42 Å². The van der Waals surface area contributed by atoms with E-state index in [1.807, 2.05) is 0 Å². The third kappa shape index (κ3) is 2.28. The molecule has 0 atom stereocenters. The number of nitrogen functional groups attached to an aromatic ring is 1. The van der Waals surface area contributed by atoms with Crippen LogP contribution in [0.2, 0.25) is 0 Å². The standard InChI is InChI=1S/C10H15N3O2S/c1-12-16(14,15)8-4-5-9(11)10(6-8)13-7-2-3-7/h4-7,12-13H,2-3,11H2,1H3. The van der Waals surface area contributed by atoms with Crippen molar-refractivity contribution in [1.29, 1.82) is 0 Å². The summed E-state index contributed by atoms with van der Waals surface area (Å²) in [4.78, 5) is 0.229. The second kappa shape index (κ2) is 3.95. The largest absolute Gasteiger partial charge is 0.397 e. The van der Waals surface area contributed by atoms with Gasteiger partial charge in [-0.3, -0.25) is 0 Å². The second-order valence-electron chi connectivity index (χ2n) is 3.88. The fraction of sp³-hybridized carbons (Fsp3) is 0.400. The topological polar surface area (TPSA) is 84.2 Å². The van der Waals surface area contributed by atoms with Gasteiger partial charge < -0.3 is 11.1 Å². The van der Waals surface area contributed by atoms with E-state index in [-0.39, 0.29) is 4.90 Å². The minimum atomic E-state index is -3.40. The predicted molar refractivity (Wildman–Crippen MR) is 63.7 cm³/mol. The molecule has 1 saturated carbocycles. The van der Waals surface area contributed by atoms with Crippen LogP contribution in [0.4, 0.5) is 11.4 Å². The molecule has 1 aromatic rings. The van der Waals surface area contributed by atoms with Crippen molar-refractivity contribution in [3.8, 4) is 0 Å². The van der Waals surface area contributed by atoms with Gasteiger partial charge in [0.2, 0.25) is 10.0 Å². The lowest BCUT2D eigenvalue weighted by Crippen LogP contribution is -2.19. The molecule has 6 heteroatoms. The van der Waals surface area contributed by atoms with Crippen LogP contribution in [-0.2, 0) is 10.0 Å². The van der Waals surface area contributed by atoms with Gasteiger partial charge in [-0.2, -0.15) is 0 Å². The van der Waals surface area contributed by atoms with Gasteiger partial charge in [0, 0.05) is 6.04 Å². The first-order chi connectivity index (χ1) is 7.53. The van der Waals surface area contributed by atoms with E-state index in [1.165, 1.54) is 13.1 Å². The van der Waals surface area contributed by atoms with Crippen molar-refractivity contribution in [3.63, 3.8) is 0 Å². The Bertz CT molecular complexity index is 495. The first-order valence-corrected chi connectivity index (χ1v) is 6.61. The van der Waals surface area contributed by atoms with E-state index in [4.69, 9.17) is 5.73 Å². The number of sulfonamides is 1. The van der Waals surface area contributed by atoms with E-state index in [0.29, 0.717) is 17.4 Å². The number of benzene rings is 1. The van der Waals surface area contributed by atoms with Crippen molar-refractivity contribution in [2.24, 2.45) is 0 Å². The maximum atomic E-state index is 11.6. The summed E-state index contributed by atoms with van der Waals surface area (Å²) in [5, 5.41) is 3.20. The zero-order valence-corrected chi connectivity index (χ0v) is 9.84. The molecule has 0 amide bonds. The Morgan fingerprint density at radius 2 is 2.06 bits per heavy atom. The van der Waals surface area contributed by atoms with Gasteiger partial charge in [-0.1, -0.05) is 0 Å². The SMILES string of the molecule is CNS(=O)(=O)c1ccc(N)c(NC2CC2)c1. The van der Waals surface area contributed by atoms with Crippen LogP contribution in [0, 0.1) is 0 Å². The highest BCUT2D eigenvalue weighted by atomic mass is 32.2. The minimum absolute atomic E-state index is 0.229. The third-order valence-electron chi connectivity index (χ3n) is 2.54. The normalized spacial score (nSPS) is 16.1. The summed E-state index contributed by atoms with van der Waals surface area (Å²) in [6.45, 7) is 0. The maximum absolute atomic E-state index is 11.6. The zero-order chi connectivity index (χ0) is 11.8. The van der Waals surface area contributed by atoms with Gasteiger partial charge in [0.15, 0.2) is 0 Å². The monoisotopic (exact) mass is 241 g/mol. The van der Waals surface area contributed by atoms with E-state index in [1.54, 1.807) is 12.1 Å². The van der Waals surface area contributed by atoms with Gasteiger partial charge >= 0.3 is 0 Å². The first-order valence-electron chi connectivity index (χ1n) is 5.12. The van der Waals surface area contributed by atoms with Crippen molar-refractivity contribution in [2.75, 3.05) is 18.1 Å². The Morgan fingerprint density at radius 1 is 1.38 bits per heavy atom. The zero-order valence-electron chi connectivity index (χ0n) is 9.03. The summed E-state index contributed by atoms with van der Waals surface area (Å²) < 4.78 is 25.4. The molecule has 88 valence electrons.